The molecule has 0 aliphatic carbocycles. The van der Waals surface area contributed by atoms with Crippen LogP contribution < -0.4 is 5.32 Å². The summed E-state index contributed by atoms with van der Waals surface area (Å²) in [4.78, 5) is 11.7. The molecule has 0 heterocycles. The molecule has 2 rings (SSSR count). The van der Waals surface area contributed by atoms with Gasteiger partial charge in [-0.1, -0.05) is 47.5 Å². The van der Waals surface area contributed by atoms with E-state index in [4.69, 9.17) is 11.6 Å². The molecular formula is C17H16ClNO. The fourth-order valence-corrected chi connectivity index (χ4v) is 1.81. The highest BCUT2D eigenvalue weighted by Gasteiger charge is 1.97. The molecule has 0 amide bonds. The molecule has 0 aromatic heterocycles. The van der Waals surface area contributed by atoms with E-state index < -0.39 is 0 Å². The van der Waals surface area contributed by atoms with Gasteiger partial charge < -0.3 is 5.32 Å². The van der Waals surface area contributed by atoms with Crippen molar-refractivity contribution >= 4 is 29.1 Å². The van der Waals surface area contributed by atoms with E-state index in [9.17, 15) is 4.79 Å². The Balaban J connectivity index is 1.86. The number of anilines is 1. The van der Waals surface area contributed by atoms with Crippen molar-refractivity contribution in [2.75, 3.05) is 11.9 Å². The van der Waals surface area contributed by atoms with Crippen molar-refractivity contribution in [1.29, 1.82) is 0 Å². The lowest BCUT2D eigenvalue weighted by Crippen LogP contribution is -2.10. The van der Waals surface area contributed by atoms with Crippen LogP contribution >= 0.6 is 11.6 Å². The molecule has 1 N–H and O–H groups in total. The Labute approximate surface area is 124 Å². The fourth-order valence-electron chi connectivity index (χ4n) is 1.68. The maximum atomic E-state index is 11.7. The lowest BCUT2D eigenvalue weighted by molar-refractivity contribution is -0.113. The summed E-state index contributed by atoms with van der Waals surface area (Å²) in [5.74, 6) is 0.0283. The molecule has 0 bridgehead atoms. The lowest BCUT2D eigenvalue weighted by atomic mass is 10.2. The standard InChI is InChI=1S/C17H16ClNO/c1-13-2-9-16(10-3-13)19-12-17(20)11-6-14-4-7-15(18)8-5-14/h2-11,19H,12H2,1H3/b11-6+. The van der Waals surface area contributed by atoms with Crippen molar-refractivity contribution in [1.82, 2.24) is 0 Å². The molecular weight excluding hydrogens is 270 g/mol. The van der Waals surface area contributed by atoms with Crippen LogP contribution in [-0.4, -0.2) is 12.3 Å². The second-order valence-corrected chi connectivity index (χ2v) is 5.01. The number of hydrogen-bond donors (Lipinski definition) is 1. The van der Waals surface area contributed by atoms with Gasteiger partial charge in [0.05, 0.1) is 6.54 Å². The summed E-state index contributed by atoms with van der Waals surface area (Å²) < 4.78 is 0. The third-order valence-electron chi connectivity index (χ3n) is 2.85. The van der Waals surface area contributed by atoms with Crippen molar-refractivity contribution in [3.05, 3.63) is 70.8 Å². The first-order valence-electron chi connectivity index (χ1n) is 6.40. The summed E-state index contributed by atoms with van der Waals surface area (Å²) in [5, 5.41) is 3.78. The quantitative estimate of drug-likeness (QED) is 0.828. The Morgan fingerprint density at radius 3 is 2.40 bits per heavy atom. The SMILES string of the molecule is Cc1ccc(NCC(=O)/C=C/c2ccc(Cl)cc2)cc1. The Morgan fingerprint density at radius 1 is 1.10 bits per heavy atom. The van der Waals surface area contributed by atoms with E-state index in [1.54, 1.807) is 24.3 Å². The van der Waals surface area contributed by atoms with Crippen LogP contribution in [0.4, 0.5) is 5.69 Å². The van der Waals surface area contributed by atoms with E-state index in [-0.39, 0.29) is 12.3 Å². The fraction of sp³-hybridized carbons (Fsp3) is 0.118. The summed E-state index contributed by atoms with van der Waals surface area (Å²) in [5.41, 5.74) is 3.10. The number of hydrogen-bond acceptors (Lipinski definition) is 2. The van der Waals surface area contributed by atoms with E-state index in [1.165, 1.54) is 5.56 Å². The Kier molecular flexibility index (Phi) is 4.97. The molecule has 0 saturated heterocycles. The molecule has 102 valence electrons. The van der Waals surface area contributed by atoms with Crippen LogP contribution in [-0.2, 0) is 4.79 Å². The summed E-state index contributed by atoms with van der Waals surface area (Å²) in [6.07, 6.45) is 3.36. The maximum absolute atomic E-state index is 11.7. The molecule has 0 aliphatic heterocycles. The number of benzene rings is 2. The molecule has 0 fully saturated rings. The monoisotopic (exact) mass is 285 g/mol. The largest absolute Gasteiger partial charge is 0.378 e. The predicted octanol–water partition coefficient (Wildman–Crippen LogP) is 4.34. The van der Waals surface area contributed by atoms with Crippen LogP contribution in [0.3, 0.4) is 0 Å². The molecule has 2 nitrogen and oxygen atoms in total. The number of rotatable bonds is 5. The Morgan fingerprint density at radius 2 is 1.75 bits per heavy atom. The molecule has 0 radical (unpaired) electrons. The number of ketones is 1. The second kappa shape index (κ2) is 6.92. The number of aryl methyl sites for hydroxylation is 1. The zero-order valence-electron chi connectivity index (χ0n) is 11.3. The van der Waals surface area contributed by atoms with Crippen LogP contribution in [0, 0.1) is 6.92 Å². The van der Waals surface area contributed by atoms with Crippen LogP contribution in [0.5, 0.6) is 0 Å². The molecule has 0 aliphatic rings. The van der Waals surface area contributed by atoms with Gasteiger partial charge in [-0.2, -0.15) is 0 Å². The van der Waals surface area contributed by atoms with Gasteiger partial charge in [-0.05, 0) is 42.8 Å². The predicted molar refractivity (Wildman–Crippen MR) is 85.2 cm³/mol. The first-order valence-corrected chi connectivity index (χ1v) is 6.78. The highest BCUT2D eigenvalue weighted by molar-refractivity contribution is 6.30. The zero-order chi connectivity index (χ0) is 14.4. The minimum Gasteiger partial charge on any atom is -0.378 e. The minimum atomic E-state index is 0.0283. The second-order valence-electron chi connectivity index (χ2n) is 4.57. The van der Waals surface area contributed by atoms with Crippen molar-refractivity contribution in [2.45, 2.75) is 6.92 Å². The van der Waals surface area contributed by atoms with Gasteiger partial charge >= 0.3 is 0 Å². The van der Waals surface area contributed by atoms with Gasteiger partial charge in [0.25, 0.3) is 0 Å². The normalized spacial score (nSPS) is 10.7. The molecule has 2 aromatic carbocycles. The average Bonchev–Trinajstić information content (AvgIpc) is 2.46. The summed E-state index contributed by atoms with van der Waals surface area (Å²) >= 11 is 5.80. The first kappa shape index (κ1) is 14.4. The highest BCUT2D eigenvalue weighted by atomic mass is 35.5. The minimum absolute atomic E-state index is 0.0283. The topological polar surface area (TPSA) is 29.1 Å². The van der Waals surface area contributed by atoms with Crippen molar-refractivity contribution < 1.29 is 4.79 Å². The molecule has 0 atom stereocenters. The van der Waals surface area contributed by atoms with Gasteiger partial charge in [0.2, 0.25) is 0 Å². The van der Waals surface area contributed by atoms with Crippen LogP contribution in [0.25, 0.3) is 6.08 Å². The van der Waals surface area contributed by atoms with Crippen molar-refractivity contribution in [3.63, 3.8) is 0 Å². The van der Waals surface area contributed by atoms with Gasteiger partial charge in [0.15, 0.2) is 5.78 Å². The third kappa shape index (κ3) is 4.56. The molecule has 20 heavy (non-hydrogen) atoms. The van der Waals surface area contributed by atoms with Crippen molar-refractivity contribution in [3.8, 4) is 0 Å². The highest BCUT2D eigenvalue weighted by Crippen LogP contribution is 2.11. The lowest BCUT2D eigenvalue weighted by Gasteiger charge is -2.03. The van der Waals surface area contributed by atoms with Gasteiger partial charge in [0, 0.05) is 10.7 Å². The third-order valence-corrected chi connectivity index (χ3v) is 3.10. The summed E-state index contributed by atoms with van der Waals surface area (Å²) in [6, 6.07) is 15.3. The van der Waals surface area contributed by atoms with E-state index >= 15 is 0 Å². The number of carbonyl (C=O) groups is 1. The Bertz CT molecular complexity index is 600. The maximum Gasteiger partial charge on any atom is 0.174 e. The van der Waals surface area contributed by atoms with Crippen molar-refractivity contribution in [2.24, 2.45) is 0 Å². The van der Waals surface area contributed by atoms with E-state index in [2.05, 4.69) is 5.32 Å². The van der Waals surface area contributed by atoms with E-state index in [1.807, 2.05) is 43.3 Å². The molecule has 0 unspecified atom stereocenters. The molecule has 0 spiro atoms. The smallest absolute Gasteiger partial charge is 0.174 e. The van der Waals surface area contributed by atoms with Gasteiger partial charge in [-0.3, -0.25) is 4.79 Å². The molecule has 2 aromatic rings. The van der Waals surface area contributed by atoms with Gasteiger partial charge in [-0.15, -0.1) is 0 Å². The van der Waals surface area contributed by atoms with E-state index in [0.29, 0.717) is 5.02 Å². The average molecular weight is 286 g/mol. The summed E-state index contributed by atoms with van der Waals surface area (Å²) in [7, 11) is 0. The Hall–Kier alpha value is -2.06. The molecule has 0 saturated carbocycles. The van der Waals surface area contributed by atoms with Crippen LogP contribution in [0.15, 0.2) is 54.6 Å². The number of carbonyl (C=O) groups excluding carboxylic acids is 1. The molecule has 3 heteroatoms. The number of halogens is 1. The summed E-state index contributed by atoms with van der Waals surface area (Å²) in [6.45, 7) is 2.32. The zero-order valence-corrected chi connectivity index (χ0v) is 12.0. The number of nitrogens with one attached hydrogen (secondary N) is 1. The van der Waals surface area contributed by atoms with Crippen LogP contribution in [0.2, 0.25) is 5.02 Å². The van der Waals surface area contributed by atoms with Crippen LogP contribution in [0.1, 0.15) is 11.1 Å². The van der Waals surface area contributed by atoms with Gasteiger partial charge in [0.1, 0.15) is 0 Å². The van der Waals surface area contributed by atoms with Gasteiger partial charge in [-0.25, -0.2) is 0 Å². The van der Waals surface area contributed by atoms with E-state index in [0.717, 1.165) is 11.3 Å². The first-order chi connectivity index (χ1) is 9.63.